The minimum Gasteiger partial charge on any atom is -0.497 e. The molecule has 0 radical (unpaired) electrons. The van der Waals surface area contributed by atoms with Crippen molar-refractivity contribution in [2.45, 2.75) is 13.0 Å². The third kappa shape index (κ3) is 3.01. The van der Waals surface area contributed by atoms with Gasteiger partial charge in [-0.15, -0.1) is 0 Å². The number of aromatic amines is 1. The zero-order chi connectivity index (χ0) is 17.1. The number of pyridine rings is 1. The lowest BCUT2D eigenvalue weighted by molar-refractivity contribution is 0.0938. The van der Waals surface area contributed by atoms with Crippen molar-refractivity contribution in [3.63, 3.8) is 0 Å². The Hall–Kier alpha value is -3.08. The van der Waals surface area contributed by atoms with E-state index in [1.54, 1.807) is 25.3 Å². The summed E-state index contributed by atoms with van der Waals surface area (Å²) in [4.78, 5) is 27.9. The van der Waals surface area contributed by atoms with Gasteiger partial charge in [-0.05, 0) is 36.8 Å². The van der Waals surface area contributed by atoms with Gasteiger partial charge >= 0.3 is 0 Å². The van der Waals surface area contributed by atoms with Gasteiger partial charge in [0.25, 0.3) is 5.91 Å². The zero-order valence-electron chi connectivity index (χ0n) is 13.5. The van der Waals surface area contributed by atoms with Crippen LogP contribution in [0.4, 0.5) is 0 Å². The van der Waals surface area contributed by atoms with Crippen LogP contribution in [0.15, 0.2) is 59.5 Å². The lowest BCUT2D eigenvalue weighted by Gasteiger charge is -2.14. The molecular formula is C19H18N2O3. The SMILES string of the molecule is COc1ccc(C(C)NC(=O)c2c[nH]c3ccccc3c2=O)cc1. The fraction of sp³-hybridized carbons (Fsp3) is 0.158. The van der Waals surface area contributed by atoms with Crippen molar-refractivity contribution < 1.29 is 9.53 Å². The largest absolute Gasteiger partial charge is 0.497 e. The quantitative estimate of drug-likeness (QED) is 0.775. The fourth-order valence-electron chi connectivity index (χ4n) is 2.59. The molecule has 0 bridgehead atoms. The number of fused-ring (bicyclic) bond motifs is 1. The molecule has 2 aromatic carbocycles. The molecule has 1 amide bonds. The van der Waals surface area contributed by atoms with Crippen molar-refractivity contribution in [3.8, 4) is 5.75 Å². The van der Waals surface area contributed by atoms with Crippen molar-refractivity contribution in [1.82, 2.24) is 10.3 Å². The number of hydrogen-bond acceptors (Lipinski definition) is 3. The average Bonchev–Trinajstić information content (AvgIpc) is 2.62. The predicted molar refractivity (Wildman–Crippen MR) is 93.4 cm³/mol. The Labute approximate surface area is 139 Å². The van der Waals surface area contributed by atoms with E-state index < -0.39 is 5.91 Å². The van der Waals surface area contributed by atoms with Gasteiger partial charge in [-0.25, -0.2) is 0 Å². The van der Waals surface area contributed by atoms with E-state index in [-0.39, 0.29) is 17.0 Å². The molecule has 0 aliphatic rings. The van der Waals surface area contributed by atoms with Crippen molar-refractivity contribution in [1.29, 1.82) is 0 Å². The van der Waals surface area contributed by atoms with Crippen LogP contribution < -0.4 is 15.5 Å². The number of hydrogen-bond donors (Lipinski definition) is 2. The van der Waals surface area contributed by atoms with Crippen molar-refractivity contribution in [2.24, 2.45) is 0 Å². The van der Waals surface area contributed by atoms with E-state index in [1.807, 2.05) is 37.3 Å². The Morgan fingerprint density at radius 1 is 1.12 bits per heavy atom. The van der Waals surface area contributed by atoms with Crippen LogP contribution in [0.5, 0.6) is 5.75 Å². The maximum absolute atomic E-state index is 12.5. The highest BCUT2D eigenvalue weighted by molar-refractivity contribution is 5.97. The van der Waals surface area contributed by atoms with Gasteiger partial charge in [-0.3, -0.25) is 9.59 Å². The average molecular weight is 322 g/mol. The van der Waals surface area contributed by atoms with E-state index in [9.17, 15) is 9.59 Å². The highest BCUT2D eigenvalue weighted by Crippen LogP contribution is 2.17. The van der Waals surface area contributed by atoms with Gasteiger partial charge in [0.2, 0.25) is 5.43 Å². The number of nitrogens with one attached hydrogen (secondary N) is 2. The number of aromatic nitrogens is 1. The van der Waals surface area contributed by atoms with E-state index >= 15 is 0 Å². The monoisotopic (exact) mass is 322 g/mol. The van der Waals surface area contributed by atoms with Gasteiger partial charge in [-0.2, -0.15) is 0 Å². The molecule has 0 aliphatic carbocycles. The number of carbonyl (C=O) groups excluding carboxylic acids is 1. The Morgan fingerprint density at radius 2 is 1.83 bits per heavy atom. The summed E-state index contributed by atoms with van der Waals surface area (Å²) >= 11 is 0. The second-order valence-electron chi connectivity index (χ2n) is 5.55. The Bertz CT molecular complexity index is 929. The van der Waals surface area contributed by atoms with Crippen LogP contribution in [-0.2, 0) is 0 Å². The number of amides is 1. The predicted octanol–water partition coefficient (Wildman–Crippen LogP) is 3.03. The van der Waals surface area contributed by atoms with E-state index in [4.69, 9.17) is 4.74 Å². The molecule has 1 atom stereocenters. The van der Waals surface area contributed by atoms with E-state index in [1.165, 1.54) is 6.20 Å². The molecule has 0 fully saturated rings. The molecule has 0 aliphatic heterocycles. The summed E-state index contributed by atoms with van der Waals surface area (Å²) in [5, 5.41) is 3.36. The first-order chi connectivity index (χ1) is 11.6. The number of methoxy groups -OCH3 is 1. The first-order valence-corrected chi connectivity index (χ1v) is 7.65. The molecule has 0 saturated heterocycles. The third-order valence-corrected chi connectivity index (χ3v) is 4.00. The normalized spacial score (nSPS) is 11.9. The highest BCUT2D eigenvalue weighted by Gasteiger charge is 2.16. The second-order valence-corrected chi connectivity index (χ2v) is 5.55. The molecule has 0 saturated carbocycles. The van der Waals surface area contributed by atoms with Crippen LogP contribution in [0.3, 0.4) is 0 Å². The maximum atomic E-state index is 12.5. The number of benzene rings is 2. The molecule has 3 rings (SSSR count). The van der Waals surface area contributed by atoms with Crippen LogP contribution >= 0.6 is 0 Å². The third-order valence-electron chi connectivity index (χ3n) is 4.00. The van der Waals surface area contributed by atoms with Gasteiger partial charge in [0, 0.05) is 17.1 Å². The Morgan fingerprint density at radius 3 is 2.54 bits per heavy atom. The minimum atomic E-state index is -0.398. The molecular weight excluding hydrogens is 304 g/mol. The molecule has 122 valence electrons. The molecule has 0 spiro atoms. The van der Waals surface area contributed by atoms with Crippen LogP contribution in [0.2, 0.25) is 0 Å². The van der Waals surface area contributed by atoms with Gasteiger partial charge in [0.1, 0.15) is 11.3 Å². The number of H-pyrrole nitrogens is 1. The lowest BCUT2D eigenvalue weighted by atomic mass is 10.1. The lowest BCUT2D eigenvalue weighted by Crippen LogP contribution is -2.31. The summed E-state index contributed by atoms with van der Waals surface area (Å²) in [6.45, 7) is 1.87. The number of para-hydroxylation sites is 1. The smallest absolute Gasteiger partial charge is 0.257 e. The van der Waals surface area contributed by atoms with Crippen LogP contribution in [-0.4, -0.2) is 18.0 Å². The summed E-state index contributed by atoms with van der Waals surface area (Å²) in [7, 11) is 1.60. The van der Waals surface area contributed by atoms with Crippen molar-refractivity contribution >= 4 is 16.8 Å². The molecule has 2 N–H and O–H groups in total. The summed E-state index contributed by atoms with van der Waals surface area (Å²) < 4.78 is 5.12. The second kappa shape index (κ2) is 6.58. The van der Waals surface area contributed by atoms with Crippen molar-refractivity contribution in [3.05, 3.63) is 76.1 Å². The fourth-order valence-corrected chi connectivity index (χ4v) is 2.59. The molecule has 24 heavy (non-hydrogen) atoms. The van der Waals surface area contributed by atoms with E-state index in [0.717, 1.165) is 11.3 Å². The van der Waals surface area contributed by atoms with E-state index in [2.05, 4.69) is 10.3 Å². The van der Waals surface area contributed by atoms with Gasteiger partial charge < -0.3 is 15.0 Å². The van der Waals surface area contributed by atoms with Gasteiger partial charge in [-0.1, -0.05) is 24.3 Å². The first kappa shape index (κ1) is 15.8. The van der Waals surface area contributed by atoms with Gasteiger partial charge in [0.15, 0.2) is 0 Å². The van der Waals surface area contributed by atoms with E-state index in [0.29, 0.717) is 10.9 Å². The minimum absolute atomic E-state index is 0.106. The zero-order valence-corrected chi connectivity index (χ0v) is 13.5. The molecule has 5 nitrogen and oxygen atoms in total. The van der Waals surface area contributed by atoms with Crippen molar-refractivity contribution in [2.75, 3.05) is 7.11 Å². The summed E-state index contributed by atoms with van der Waals surface area (Å²) in [6.07, 6.45) is 1.46. The Balaban J connectivity index is 1.84. The maximum Gasteiger partial charge on any atom is 0.257 e. The molecule has 3 aromatic rings. The van der Waals surface area contributed by atoms with Crippen LogP contribution in [0, 0.1) is 0 Å². The number of ether oxygens (including phenoxy) is 1. The standard InChI is InChI=1S/C19H18N2O3/c1-12(13-7-9-14(24-2)10-8-13)21-19(23)16-11-20-17-6-4-3-5-15(17)18(16)22/h3-12H,1-2H3,(H,20,22)(H,21,23). The summed E-state index contributed by atoms with van der Waals surface area (Å²) in [6, 6.07) is 14.3. The van der Waals surface area contributed by atoms with Gasteiger partial charge in [0.05, 0.1) is 13.2 Å². The molecule has 5 heteroatoms. The van der Waals surface area contributed by atoms with Crippen LogP contribution in [0.1, 0.15) is 28.9 Å². The molecule has 1 aromatic heterocycles. The molecule has 1 heterocycles. The molecule has 1 unspecified atom stereocenters. The summed E-state index contributed by atoms with van der Waals surface area (Å²) in [5.74, 6) is 0.355. The topological polar surface area (TPSA) is 71.2 Å². The highest BCUT2D eigenvalue weighted by atomic mass is 16.5. The Kier molecular flexibility index (Phi) is 4.33. The number of rotatable bonds is 4. The number of carbonyl (C=O) groups is 1. The van der Waals surface area contributed by atoms with Crippen LogP contribution in [0.25, 0.3) is 10.9 Å². The summed E-state index contributed by atoms with van der Waals surface area (Å²) in [5.41, 5.74) is 1.47. The first-order valence-electron chi connectivity index (χ1n) is 7.65.